The summed E-state index contributed by atoms with van der Waals surface area (Å²) in [7, 11) is 0. The number of hydrogen-bond acceptors (Lipinski definition) is 2. The van der Waals surface area contributed by atoms with Gasteiger partial charge < -0.3 is 5.32 Å². The highest BCUT2D eigenvalue weighted by atomic mass is 19.4. The number of anilines is 1. The third kappa shape index (κ3) is 6.01. The molecule has 0 unspecified atom stereocenters. The molecule has 0 spiro atoms. The van der Waals surface area contributed by atoms with Crippen LogP contribution in [-0.2, 0) is 12.4 Å². The van der Waals surface area contributed by atoms with Gasteiger partial charge >= 0.3 is 12.4 Å². The van der Waals surface area contributed by atoms with Gasteiger partial charge in [0.05, 0.1) is 16.6 Å². The Labute approximate surface area is 226 Å². The summed E-state index contributed by atoms with van der Waals surface area (Å²) in [5.41, 5.74) is 3.06. The van der Waals surface area contributed by atoms with Gasteiger partial charge in [-0.15, -0.1) is 0 Å². The van der Waals surface area contributed by atoms with Crippen molar-refractivity contribution in [3.05, 3.63) is 132 Å². The fourth-order valence-corrected chi connectivity index (χ4v) is 4.47. The predicted octanol–water partition coefficient (Wildman–Crippen LogP) is 9.59. The number of pyridine rings is 1. The minimum atomic E-state index is -4.48. The number of nitrogens with zero attached hydrogens (tertiary/aromatic N) is 1. The monoisotopic (exact) mass is 548 g/mol. The SMILES string of the molecule is FC(F)(F)c1ccc(/C=C(\CNc2ccccc2)c2cnc3ccccc3c2-c2ccc(C(F)(F)F)cc2)cc1. The second kappa shape index (κ2) is 10.9. The summed E-state index contributed by atoms with van der Waals surface area (Å²) in [4.78, 5) is 4.59. The molecule has 5 rings (SSSR count). The Bertz CT molecular complexity index is 1640. The van der Waals surface area contributed by atoms with Crippen LogP contribution in [0.5, 0.6) is 0 Å². The van der Waals surface area contributed by atoms with Crippen molar-refractivity contribution in [3.8, 4) is 11.1 Å². The first-order chi connectivity index (χ1) is 19.1. The van der Waals surface area contributed by atoms with Crippen LogP contribution in [-0.4, -0.2) is 11.5 Å². The summed E-state index contributed by atoms with van der Waals surface area (Å²) in [6, 6.07) is 26.4. The number of nitrogens with one attached hydrogen (secondary N) is 1. The van der Waals surface area contributed by atoms with E-state index in [1.165, 1.54) is 24.3 Å². The lowest BCUT2D eigenvalue weighted by atomic mass is 9.91. The highest BCUT2D eigenvalue weighted by Gasteiger charge is 2.31. The van der Waals surface area contributed by atoms with Crippen LogP contribution in [0.25, 0.3) is 33.7 Å². The van der Waals surface area contributed by atoms with E-state index in [1.54, 1.807) is 12.3 Å². The van der Waals surface area contributed by atoms with Crippen LogP contribution in [0.2, 0.25) is 0 Å². The molecule has 0 saturated heterocycles. The number of benzene rings is 4. The molecule has 1 aromatic heterocycles. The molecule has 8 heteroatoms. The van der Waals surface area contributed by atoms with Crippen LogP contribution in [0.3, 0.4) is 0 Å². The van der Waals surface area contributed by atoms with Gasteiger partial charge in [-0.25, -0.2) is 0 Å². The topological polar surface area (TPSA) is 24.9 Å². The second-order valence-electron chi connectivity index (χ2n) is 9.15. The number of fused-ring (bicyclic) bond motifs is 1. The van der Waals surface area contributed by atoms with Crippen molar-refractivity contribution in [1.29, 1.82) is 0 Å². The number of para-hydroxylation sites is 2. The predicted molar refractivity (Wildman–Crippen MR) is 146 cm³/mol. The quantitative estimate of drug-likeness (QED) is 0.214. The number of halogens is 6. The lowest BCUT2D eigenvalue weighted by Gasteiger charge is -2.18. The van der Waals surface area contributed by atoms with E-state index >= 15 is 0 Å². The molecule has 0 aliphatic carbocycles. The van der Waals surface area contributed by atoms with Crippen molar-refractivity contribution in [2.75, 3.05) is 11.9 Å². The molecule has 0 atom stereocenters. The lowest BCUT2D eigenvalue weighted by Crippen LogP contribution is -2.07. The standard InChI is InChI=1S/C32H22F6N2/c33-31(34,35)24-14-10-21(11-15-24)18-23(19-39-26-6-2-1-3-7-26)28-20-40-29-9-5-4-8-27(29)30(28)22-12-16-25(17-13-22)32(36,37)38/h1-18,20,39H,19H2/b23-18+. The molecular formula is C32H22F6N2. The molecule has 0 radical (unpaired) electrons. The summed E-state index contributed by atoms with van der Waals surface area (Å²) in [6.45, 7) is 0.276. The number of aromatic nitrogens is 1. The fraction of sp³-hybridized carbons (Fsp3) is 0.0938. The molecule has 40 heavy (non-hydrogen) atoms. The average Bonchev–Trinajstić information content (AvgIpc) is 2.94. The molecule has 0 aliphatic rings. The third-order valence-electron chi connectivity index (χ3n) is 6.46. The first kappa shape index (κ1) is 27.0. The first-order valence-electron chi connectivity index (χ1n) is 12.3. The first-order valence-corrected chi connectivity index (χ1v) is 12.3. The maximum absolute atomic E-state index is 13.3. The molecule has 0 fully saturated rings. The molecular weight excluding hydrogens is 526 g/mol. The van der Waals surface area contributed by atoms with Gasteiger partial charge in [0.25, 0.3) is 0 Å². The lowest BCUT2D eigenvalue weighted by molar-refractivity contribution is -0.138. The van der Waals surface area contributed by atoms with Crippen LogP contribution >= 0.6 is 0 Å². The van der Waals surface area contributed by atoms with Crippen molar-refractivity contribution < 1.29 is 26.3 Å². The molecule has 1 N–H and O–H groups in total. The highest BCUT2D eigenvalue weighted by molar-refractivity contribution is 6.02. The highest BCUT2D eigenvalue weighted by Crippen LogP contribution is 2.38. The number of hydrogen-bond donors (Lipinski definition) is 1. The molecule has 5 aromatic rings. The van der Waals surface area contributed by atoms with Gasteiger partial charge in [-0.05, 0) is 65.2 Å². The zero-order valence-electron chi connectivity index (χ0n) is 20.9. The van der Waals surface area contributed by atoms with E-state index in [0.717, 1.165) is 35.3 Å². The van der Waals surface area contributed by atoms with Gasteiger partial charge in [-0.2, -0.15) is 26.3 Å². The summed E-state index contributed by atoms with van der Waals surface area (Å²) in [5, 5.41) is 4.06. The molecule has 0 aliphatic heterocycles. The molecule has 4 aromatic carbocycles. The van der Waals surface area contributed by atoms with E-state index in [-0.39, 0.29) is 6.54 Å². The van der Waals surface area contributed by atoms with Crippen LogP contribution in [0.15, 0.2) is 109 Å². The van der Waals surface area contributed by atoms with Gasteiger partial charge in [-0.3, -0.25) is 4.98 Å². The van der Waals surface area contributed by atoms with E-state index < -0.39 is 23.5 Å². The summed E-state index contributed by atoms with van der Waals surface area (Å²) in [6.07, 6.45) is -5.53. The van der Waals surface area contributed by atoms with Crippen LogP contribution in [0.1, 0.15) is 22.3 Å². The second-order valence-corrected chi connectivity index (χ2v) is 9.15. The maximum Gasteiger partial charge on any atom is 0.416 e. The van der Waals surface area contributed by atoms with Gasteiger partial charge in [0.15, 0.2) is 0 Å². The van der Waals surface area contributed by atoms with Crippen molar-refractivity contribution in [3.63, 3.8) is 0 Å². The molecule has 0 bridgehead atoms. The number of rotatable bonds is 6. The zero-order valence-corrected chi connectivity index (χ0v) is 20.9. The summed E-state index contributed by atoms with van der Waals surface area (Å²) >= 11 is 0. The Morgan fingerprint density at radius 2 is 1.25 bits per heavy atom. The van der Waals surface area contributed by atoms with Crippen LogP contribution in [0, 0.1) is 0 Å². The van der Waals surface area contributed by atoms with E-state index in [1.807, 2.05) is 54.6 Å². The van der Waals surface area contributed by atoms with Crippen molar-refractivity contribution in [2.24, 2.45) is 0 Å². The Kier molecular flexibility index (Phi) is 7.34. The Morgan fingerprint density at radius 3 is 1.88 bits per heavy atom. The fourth-order valence-electron chi connectivity index (χ4n) is 4.47. The van der Waals surface area contributed by atoms with E-state index in [2.05, 4.69) is 10.3 Å². The molecule has 202 valence electrons. The van der Waals surface area contributed by atoms with Crippen LogP contribution < -0.4 is 5.32 Å². The van der Waals surface area contributed by atoms with E-state index in [9.17, 15) is 26.3 Å². The minimum absolute atomic E-state index is 0.276. The Hall–Kier alpha value is -4.59. The largest absolute Gasteiger partial charge is 0.416 e. The zero-order chi connectivity index (χ0) is 28.3. The molecule has 0 amide bonds. The minimum Gasteiger partial charge on any atom is -0.381 e. The molecule has 0 saturated carbocycles. The summed E-state index contributed by atoms with van der Waals surface area (Å²) < 4.78 is 79.3. The van der Waals surface area contributed by atoms with E-state index in [4.69, 9.17) is 0 Å². The maximum atomic E-state index is 13.3. The van der Waals surface area contributed by atoms with Crippen molar-refractivity contribution in [1.82, 2.24) is 4.98 Å². The average molecular weight is 549 g/mol. The smallest absolute Gasteiger partial charge is 0.381 e. The third-order valence-corrected chi connectivity index (χ3v) is 6.46. The Balaban J connectivity index is 1.67. The summed E-state index contributed by atoms with van der Waals surface area (Å²) in [5.74, 6) is 0. The van der Waals surface area contributed by atoms with E-state index in [0.29, 0.717) is 33.3 Å². The Morgan fingerprint density at radius 1 is 0.675 bits per heavy atom. The van der Waals surface area contributed by atoms with Crippen molar-refractivity contribution >= 4 is 28.2 Å². The van der Waals surface area contributed by atoms with Gasteiger partial charge in [-0.1, -0.05) is 60.7 Å². The normalized spacial score (nSPS) is 12.5. The van der Waals surface area contributed by atoms with Gasteiger partial charge in [0.2, 0.25) is 0 Å². The van der Waals surface area contributed by atoms with Crippen molar-refractivity contribution in [2.45, 2.75) is 12.4 Å². The van der Waals surface area contributed by atoms with Crippen LogP contribution in [0.4, 0.5) is 32.0 Å². The van der Waals surface area contributed by atoms with Gasteiger partial charge in [0, 0.05) is 34.9 Å². The number of alkyl halides is 6. The van der Waals surface area contributed by atoms with Gasteiger partial charge in [0.1, 0.15) is 0 Å². The molecule has 2 nitrogen and oxygen atoms in total. The molecule has 1 heterocycles.